The summed E-state index contributed by atoms with van der Waals surface area (Å²) in [6.45, 7) is 5.15. The monoisotopic (exact) mass is 348 g/mol. The molecular formula is C17H21F5N2. The van der Waals surface area contributed by atoms with Crippen LogP contribution in [0.2, 0.25) is 0 Å². The van der Waals surface area contributed by atoms with Crippen LogP contribution in [0.5, 0.6) is 0 Å². The second kappa shape index (κ2) is 6.26. The van der Waals surface area contributed by atoms with Crippen LogP contribution in [0.4, 0.5) is 22.0 Å². The number of nitrogens with zero attached hydrogens (tertiary/aromatic N) is 1. The first-order chi connectivity index (χ1) is 11.2. The average Bonchev–Trinajstić information content (AvgIpc) is 2.46. The second-order valence-electron chi connectivity index (χ2n) is 7.12. The highest BCUT2D eigenvalue weighted by molar-refractivity contribution is 5.25. The zero-order valence-corrected chi connectivity index (χ0v) is 13.6. The standard InChI is InChI=1S/C17H21F5N2/c1-9-8-24(10(2)7-23-9)16(12-5-17(21,22)6-12)11-3-13(18)15(20)14(19)4-11/h3-4,9-10,12,16,23H,5-8H2,1-2H3/t9-,10+,16?/m0/s1. The highest BCUT2D eigenvalue weighted by Gasteiger charge is 2.51. The van der Waals surface area contributed by atoms with Crippen molar-refractivity contribution in [1.29, 1.82) is 0 Å². The van der Waals surface area contributed by atoms with Crippen molar-refractivity contribution in [2.24, 2.45) is 5.92 Å². The molecule has 3 rings (SSSR count). The van der Waals surface area contributed by atoms with Gasteiger partial charge in [-0.2, -0.15) is 0 Å². The minimum Gasteiger partial charge on any atom is -0.311 e. The Morgan fingerprint density at radius 2 is 1.71 bits per heavy atom. The van der Waals surface area contributed by atoms with Crippen LogP contribution in [0.25, 0.3) is 0 Å². The van der Waals surface area contributed by atoms with Crippen molar-refractivity contribution in [1.82, 2.24) is 10.2 Å². The lowest BCUT2D eigenvalue weighted by atomic mass is 9.73. The van der Waals surface area contributed by atoms with E-state index < -0.39 is 35.3 Å². The largest absolute Gasteiger partial charge is 0.311 e. The maximum Gasteiger partial charge on any atom is 0.248 e. The molecule has 24 heavy (non-hydrogen) atoms. The first-order valence-electron chi connectivity index (χ1n) is 8.19. The molecule has 1 saturated carbocycles. The molecule has 1 aromatic rings. The summed E-state index contributed by atoms with van der Waals surface area (Å²) in [4.78, 5) is 2.01. The Morgan fingerprint density at radius 3 is 2.25 bits per heavy atom. The molecule has 1 aliphatic carbocycles. The molecule has 7 heteroatoms. The summed E-state index contributed by atoms with van der Waals surface area (Å²) in [5.41, 5.74) is 0.229. The predicted octanol–water partition coefficient (Wildman–Crippen LogP) is 3.87. The lowest BCUT2D eigenvalue weighted by molar-refractivity contribution is -0.137. The molecule has 1 aliphatic heterocycles. The van der Waals surface area contributed by atoms with Gasteiger partial charge in [0, 0.05) is 44.1 Å². The van der Waals surface area contributed by atoms with E-state index in [1.807, 2.05) is 18.7 Å². The van der Waals surface area contributed by atoms with E-state index in [1.165, 1.54) is 0 Å². The molecule has 3 atom stereocenters. The van der Waals surface area contributed by atoms with Gasteiger partial charge in [0.2, 0.25) is 5.92 Å². The third kappa shape index (κ3) is 3.28. The quantitative estimate of drug-likeness (QED) is 0.659. The highest BCUT2D eigenvalue weighted by Crippen LogP contribution is 2.51. The van der Waals surface area contributed by atoms with Crippen molar-refractivity contribution in [3.8, 4) is 0 Å². The van der Waals surface area contributed by atoms with E-state index in [0.29, 0.717) is 13.1 Å². The molecule has 2 nitrogen and oxygen atoms in total. The summed E-state index contributed by atoms with van der Waals surface area (Å²) in [5, 5.41) is 3.29. The van der Waals surface area contributed by atoms with Gasteiger partial charge in [0.1, 0.15) is 0 Å². The van der Waals surface area contributed by atoms with Crippen molar-refractivity contribution in [2.75, 3.05) is 13.1 Å². The van der Waals surface area contributed by atoms with E-state index in [2.05, 4.69) is 5.32 Å². The maximum absolute atomic E-state index is 13.7. The molecule has 0 radical (unpaired) electrons. The van der Waals surface area contributed by atoms with Gasteiger partial charge in [-0.1, -0.05) is 0 Å². The van der Waals surface area contributed by atoms with Crippen LogP contribution >= 0.6 is 0 Å². The van der Waals surface area contributed by atoms with Crippen LogP contribution in [0.15, 0.2) is 12.1 Å². The maximum atomic E-state index is 13.7. The molecular weight excluding hydrogens is 327 g/mol. The van der Waals surface area contributed by atoms with Crippen LogP contribution < -0.4 is 5.32 Å². The van der Waals surface area contributed by atoms with Gasteiger partial charge < -0.3 is 5.32 Å². The average molecular weight is 348 g/mol. The molecule has 1 heterocycles. The number of halogens is 5. The summed E-state index contributed by atoms with van der Waals surface area (Å²) in [6, 6.07) is 1.50. The fraction of sp³-hybridized carbons (Fsp3) is 0.647. The summed E-state index contributed by atoms with van der Waals surface area (Å²) >= 11 is 0. The van der Waals surface area contributed by atoms with Gasteiger partial charge in [0.15, 0.2) is 17.5 Å². The Morgan fingerprint density at radius 1 is 1.12 bits per heavy atom. The topological polar surface area (TPSA) is 15.3 Å². The van der Waals surface area contributed by atoms with Crippen LogP contribution in [0.1, 0.15) is 38.3 Å². The van der Waals surface area contributed by atoms with E-state index in [4.69, 9.17) is 0 Å². The van der Waals surface area contributed by atoms with Gasteiger partial charge in [0.25, 0.3) is 0 Å². The number of hydrogen-bond donors (Lipinski definition) is 1. The highest BCUT2D eigenvalue weighted by atomic mass is 19.3. The molecule has 1 aromatic carbocycles. The summed E-state index contributed by atoms with van der Waals surface area (Å²) in [6.07, 6.45) is -0.632. The molecule has 2 fully saturated rings. The number of benzene rings is 1. The zero-order chi connectivity index (χ0) is 17.6. The fourth-order valence-corrected chi connectivity index (χ4v) is 3.85. The molecule has 1 saturated heterocycles. The molecule has 0 amide bonds. The molecule has 1 N–H and O–H groups in total. The van der Waals surface area contributed by atoms with E-state index in [-0.39, 0.29) is 30.5 Å². The minimum absolute atomic E-state index is 0.0246. The van der Waals surface area contributed by atoms with Crippen LogP contribution in [-0.4, -0.2) is 36.0 Å². The van der Waals surface area contributed by atoms with E-state index in [1.54, 1.807) is 0 Å². The van der Waals surface area contributed by atoms with Crippen molar-refractivity contribution >= 4 is 0 Å². The molecule has 1 unspecified atom stereocenters. The van der Waals surface area contributed by atoms with Gasteiger partial charge in [-0.15, -0.1) is 0 Å². The second-order valence-corrected chi connectivity index (χ2v) is 7.12. The Labute approximate surface area is 138 Å². The van der Waals surface area contributed by atoms with Gasteiger partial charge in [-0.3, -0.25) is 4.90 Å². The van der Waals surface area contributed by atoms with Crippen LogP contribution in [0.3, 0.4) is 0 Å². The first kappa shape index (κ1) is 17.6. The molecule has 134 valence electrons. The van der Waals surface area contributed by atoms with Gasteiger partial charge in [0.05, 0.1) is 0 Å². The zero-order valence-electron chi connectivity index (χ0n) is 13.6. The number of rotatable bonds is 3. The van der Waals surface area contributed by atoms with E-state index in [0.717, 1.165) is 12.1 Å². The number of alkyl halides is 2. The lowest BCUT2D eigenvalue weighted by Gasteiger charge is -2.49. The molecule has 0 aromatic heterocycles. The van der Waals surface area contributed by atoms with Crippen LogP contribution in [-0.2, 0) is 0 Å². The molecule has 0 bridgehead atoms. The van der Waals surface area contributed by atoms with E-state index >= 15 is 0 Å². The number of nitrogens with one attached hydrogen (secondary N) is 1. The minimum atomic E-state index is -2.73. The van der Waals surface area contributed by atoms with Crippen LogP contribution in [0, 0.1) is 23.4 Å². The van der Waals surface area contributed by atoms with Gasteiger partial charge in [-0.05, 0) is 37.5 Å². The van der Waals surface area contributed by atoms with Gasteiger partial charge in [-0.25, -0.2) is 22.0 Å². The summed E-state index contributed by atoms with van der Waals surface area (Å²) in [7, 11) is 0. The first-order valence-corrected chi connectivity index (χ1v) is 8.19. The fourth-order valence-electron chi connectivity index (χ4n) is 3.85. The third-order valence-corrected chi connectivity index (χ3v) is 5.09. The normalized spacial score (nSPS) is 29.3. The van der Waals surface area contributed by atoms with Gasteiger partial charge >= 0.3 is 0 Å². The lowest BCUT2D eigenvalue weighted by Crippen LogP contribution is -2.58. The van der Waals surface area contributed by atoms with Crippen molar-refractivity contribution < 1.29 is 22.0 Å². The van der Waals surface area contributed by atoms with Crippen molar-refractivity contribution in [2.45, 2.75) is 50.7 Å². The number of piperazine rings is 1. The number of hydrogen-bond acceptors (Lipinski definition) is 2. The Balaban J connectivity index is 1.96. The SMILES string of the molecule is C[C@@H]1CN[C@@H](C)CN1C(c1cc(F)c(F)c(F)c1)C1CC(F)(F)C1. The Hall–Kier alpha value is -1.21. The molecule has 0 spiro atoms. The summed E-state index contributed by atoms with van der Waals surface area (Å²) in [5.74, 6) is -7.23. The Kier molecular flexibility index (Phi) is 4.59. The molecule has 2 aliphatic rings. The Bertz CT molecular complexity index is 590. The van der Waals surface area contributed by atoms with E-state index in [9.17, 15) is 22.0 Å². The van der Waals surface area contributed by atoms with Crippen molar-refractivity contribution in [3.05, 3.63) is 35.1 Å². The summed E-state index contributed by atoms with van der Waals surface area (Å²) < 4.78 is 67.4. The smallest absolute Gasteiger partial charge is 0.248 e. The third-order valence-electron chi connectivity index (χ3n) is 5.09. The van der Waals surface area contributed by atoms with Crippen molar-refractivity contribution in [3.63, 3.8) is 0 Å². The predicted molar refractivity (Wildman–Crippen MR) is 80.4 cm³/mol.